The zero-order valence-electron chi connectivity index (χ0n) is 22.1. The van der Waals surface area contributed by atoms with E-state index in [1.807, 2.05) is 0 Å². The molecule has 4 heteroatoms. The van der Waals surface area contributed by atoms with Gasteiger partial charge >= 0.3 is 5.97 Å². The Bertz CT molecular complexity index is 921. The van der Waals surface area contributed by atoms with Gasteiger partial charge in [0.2, 0.25) is 0 Å². The average Bonchev–Trinajstić information content (AvgIpc) is 3.14. The molecule has 34 heavy (non-hydrogen) atoms. The Hall–Kier alpha value is -1.39. The molecule has 10 atom stereocenters. The van der Waals surface area contributed by atoms with Gasteiger partial charge in [0, 0.05) is 30.6 Å². The molecule has 1 saturated heterocycles. The Morgan fingerprint density at radius 1 is 1.03 bits per heavy atom. The summed E-state index contributed by atoms with van der Waals surface area (Å²) in [5.74, 6) is 2.32. The molecule has 4 nitrogen and oxygen atoms in total. The summed E-state index contributed by atoms with van der Waals surface area (Å²) >= 11 is 0. The second kappa shape index (κ2) is 8.06. The summed E-state index contributed by atoms with van der Waals surface area (Å²) in [5.41, 5.74) is 0.652. The predicted molar refractivity (Wildman–Crippen MR) is 134 cm³/mol. The number of carbonyl (C=O) groups is 1. The van der Waals surface area contributed by atoms with Crippen LogP contribution in [0.2, 0.25) is 0 Å². The third kappa shape index (κ3) is 3.27. The van der Waals surface area contributed by atoms with Crippen LogP contribution in [-0.4, -0.2) is 23.3 Å². The summed E-state index contributed by atoms with van der Waals surface area (Å²) in [6, 6.07) is 0. The molecule has 0 aromatic carbocycles. The van der Waals surface area contributed by atoms with Crippen molar-refractivity contribution >= 4 is 5.97 Å². The summed E-state index contributed by atoms with van der Waals surface area (Å²) in [7, 11) is 0. The SMILES string of the molecule is C=C(C)C(C)C=CC(C)C1CCC2C1(C)CCC1C23C=CC2(CC(OC(C)=O)CCC12C)OO3. The van der Waals surface area contributed by atoms with Gasteiger partial charge in [-0.1, -0.05) is 58.1 Å². The molecule has 0 amide bonds. The normalized spacial score (nSPS) is 48.6. The smallest absolute Gasteiger partial charge is 0.302 e. The van der Waals surface area contributed by atoms with Gasteiger partial charge in [0.15, 0.2) is 0 Å². The Morgan fingerprint density at radius 3 is 2.44 bits per heavy atom. The lowest BCUT2D eigenvalue weighted by Gasteiger charge is -2.69. The van der Waals surface area contributed by atoms with E-state index in [4.69, 9.17) is 14.5 Å². The number of carbonyl (C=O) groups excluding carboxylic acids is 1. The summed E-state index contributed by atoms with van der Waals surface area (Å²) in [5, 5.41) is 0. The minimum atomic E-state index is -0.488. The fraction of sp³-hybridized carbons (Fsp3) is 0.767. The van der Waals surface area contributed by atoms with E-state index in [2.05, 4.69) is 65.5 Å². The Labute approximate surface area is 206 Å². The Morgan fingerprint density at radius 2 is 1.79 bits per heavy atom. The van der Waals surface area contributed by atoms with E-state index in [9.17, 15) is 4.79 Å². The predicted octanol–water partition coefficient (Wildman–Crippen LogP) is 6.96. The van der Waals surface area contributed by atoms with Crippen LogP contribution in [0.25, 0.3) is 0 Å². The van der Waals surface area contributed by atoms with Crippen LogP contribution in [0.1, 0.15) is 86.5 Å². The highest BCUT2D eigenvalue weighted by atomic mass is 17.2. The first-order chi connectivity index (χ1) is 16.0. The van der Waals surface area contributed by atoms with E-state index < -0.39 is 5.60 Å². The zero-order valence-corrected chi connectivity index (χ0v) is 22.1. The standard InChI is InChI=1S/C30H44O4/c1-19(2)20(3)8-9-21(4)24-10-11-25-27(24,6)14-13-26-28(7)15-12-23(32-22(5)31)18-29(28)16-17-30(25,26)34-33-29/h8-9,16-17,20-21,23-26H,1,10-15,18H2,2-7H3. The lowest BCUT2D eigenvalue weighted by Crippen LogP contribution is -2.73. The van der Waals surface area contributed by atoms with Gasteiger partial charge in [-0.15, -0.1) is 0 Å². The van der Waals surface area contributed by atoms with Gasteiger partial charge in [0.25, 0.3) is 0 Å². The van der Waals surface area contributed by atoms with Crippen LogP contribution in [0.5, 0.6) is 0 Å². The highest BCUT2D eigenvalue weighted by Gasteiger charge is 2.74. The summed E-state index contributed by atoms with van der Waals surface area (Å²) < 4.78 is 5.62. The van der Waals surface area contributed by atoms with Gasteiger partial charge in [-0.3, -0.25) is 4.79 Å². The van der Waals surface area contributed by atoms with Gasteiger partial charge in [-0.2, -0.15) is 0 Å². The maximum absolute atomic E-state index is 11.6. The van der Waals surface area contributed by atoms with Crippen LogP contribution >= 0.6 is 0 Å². The van der Waals surface area contributed by atoms with Crippen molar-refractivity contribution in [2.24, 2.45) is 40.4 Å². The number of hydrogen-bond donors (Lipinski definition) is 0. The Balaban J connectivity index is 1.43. The fourth-order valence-corrected chi connectivity index (χ4v) is 8.96. The van der Waals surface area contributed by atoms with Crippen molar-refractivity contribution in [2.45, 2.75) is 104 Å². The maximum atomic E-state index is 11.6. The Kier molecular flexibility index (Phi) is 5.76. The van der Waals surface area contributed by atoms with Crippen LogP contribution < -0.4 is 0 Å². The molecule has 2 heterocycles. The van der Waals surface area contributed by atoms with E-state index >= 15 is 0 Å². The van der Waals surface area contributed by atoms with Crippen LogP contribution in [0.4, 0.5) is 0 Å². The van der Waals surface area contributed by atoms with Crippen molar-refractivity contribution in [3.63, 3.8) is 0 Å². The second-order valence-corrected chi connectivity index (χ2v) is 12.8. The number of allylic oxidation sites excluding steroid dienone is 3. The second-order valence-electron chi connectivity index (χ2n) is 12.8. The molecule has 6 rings (SSSR count). The highest BCUT2D eigenvalue weighted by molar-refractivity contribution is 5.66. The van der Waals surface area contributed by atoms with E-state index in [0.717, 1.165) is 12.8 Å². The molecule has 10 unspecified atom stereocenters. The summed E-state index contributed by atoms with van der Waals surface area (Å²) in [6.45, 7) is 17.3. The first kappa shape index (κ1) is 24.3. The molecule has 2 spiro atoms. The van der Waals surface area contributed by atoms with Crippen LogP contribution in [0.3, 0.4) is 0 Å². The number of rotatable bonds is 5. The minimum absolute atomic E-state index is 0.0124. The van der Waals surface area contributed by atoms with Gasteiger partial charge in [0.05, 0.1) is 0 Å². The van der Waals surface area contributed by atoms with Gasteiger partial charge < -0.3 is 4.74 Å². The first-order valence-corrected chi connectivity index (χ1v) is 13.6. The molecule has 0 aromatic rings. The van der Waals surface area contributed by atoms with Crippen molar-refractivity contribution in [2.75, 3.05) is 0 Å². The summed E-state index contributed by atoms with van der Waals surface area (Å²) in [6.07, 6.45) is 16.9. The monoisotopic (exact) mass is 468 g/mol. The van der Waals surface area contributed by atoms with E-state index in [-0.39, 0.29) is 28.5 Å². The molecule has 6 aliphatic rings. The van der Waals surface area contributed by atoms with E-state index in [1.165, 1.54) is 38.2 Å². The van der Waals surface area contributed by atoms with Crippen molar-refractivity contribution in [3.8, 4) is 0 Å². The summed E-state index contributed by atoms with van der Waals surface area (Å²) in [4.78, 5) is 24.5. The third-order valence-electron chi connectivity index (χ3n) is 11.1. The highest BCUT2D eigenvalue weighted by Crippen LogP contribution is 2.72. The largest absolute Gasteiger partial charge is 0.462 e. The van der Waals surface area contributed by atoms with Crippen LogP contribution in [0.15, 0.2) is 36.5 Å². The van der Waals surface area contributed by atoms with E-state index in [1.54, 1.807) is 0 Å². The van der Waals surface area contributed by atoms with Gasteiger partial charge in [-0.05, 0) is 74.7 Å². The molecule has 4 fully saturated rings. The van der Waals surface area contributed by atoms with Crippen LogP contribution in [0, 0.1) is 40.4 Å². The van der Waals surface area contributed by atoms with Gasteiger partial charge in [0.1, 0.15) is 17.3 Å². The molecule has 2 bridgehead atoms. The number of hydrogen-bond acceptors (Lipinski definition) is 4. The topological polar surface area (TPSA) is 44.8 Å². The van der Waals surface area contributed by atoms with Crippen molar-refractivity contribution in [1.82, 2.24) is 0 Å². The quantitative estimate of drug-likeness (QED) is 0.248. The third-order valence-corrected chi connectivity index (χ3v) is 11.1. The minimum Gasteiger partial charge on any atom is -0.462 e. The molecule has 2 aliphatic heterocycles. The number of ether oxygens (including phenoxy) is 1. The molecule has 3 saturated carbocycles. The molecular weight excluding hydrogens is 424 g/mol. The molecule has 188 valence electrons. The average molecular weight is 469 g/mol. The lowest BCUT2D eigenvalue weighted by atomic mass is 9.42. The van der Waals surface area contributed by atoms with Crippen molar-refractivity contribution in [3.05, 3.63) is 36.5 Å². The molecule has 0 N–H and O–H groups in total. The zero-order chi connectivity index (χ0) is 24.5. The molecule has 0 radical (unpaired) electrons. The molecular formula is C30H44O4. The number of fused-ring (bicyclic) bond motifs is 2. The van der Waals surface area contributed by atoms with Crippen LogP contribution in [-0.2, 0) is 19.3 Å². The number of esters is 1. The lowest BCUT2D eigenvalue weighted by molar-refractivity contribution is -0.497. The fourth-order valence-electron chi connectivity index (χ4n) is 8.96. The maximum Gasteiger partial charge on any atom is 0.302 e. The van der Waals surface area contributed by atoms with Gasteiger partial charge in [-0.25, -0.2) is 9.78 Å². The molecule has 0 aromatic heterocycles. The molecule has 4 aliphatic carbocycles. The first-order valence-electron chi connectivity index (χ1n) is 13.6. The van der Waals surface area contributed by atoms with Crippen molar-refractivity contribution < 1.29 is 19.3 Å². The van der Waals surface area contributed by atoms with E-state index in [0.29, 0.717) is 36.0 Å². The van der Waals surface area contributed by atoms with Crippen molar-refractivity contribution in [1.29, 1.82) is 0 Å².